The third kappa shape index (κ3) is 3.49. The van der Waals surface area contributed by atoms with Crippen molar-refractivity contribution in [1.29, 1.82) is 0 Å². The number of hydrogen-bond donors (Lipinski definition) is 3. The molecule has 5 rings (SSSR count). The van der Waals surface area contributed by atoms with Gasteiger partial charge in [-0.1, -0.05) is 18.2 Å². The second kappa shape index (κ2) is 7.81. The van der Waals surface area contributed by atoms with Gasteiger partial charge in [-0.2, -0.15) is 0 Å². The van der Waals surface area contributed by atoms with Crippen molar-refractivity contribution in [3.63, 3.8) is 0 Å². The molecule has 160 valence electrons. The molecule has 7 heteroatoms. The van der Waals surface area contributed by atoms with E-state index < -0.39 is 5.91 Å². The van der Waals surface area contributed by atoms with Crippen molar-refractivity contribution in [2.24, 2.45) is 5.73 Å². The van der Waals surface area contributed by atoms with Gasteiger partial charge in [0.2, 0.25) is 5.91 Å². The zero-order valence-corrected chi connectivity index (χ0v) is 17.3. The standard InChI is InChI=1S/C24H26N4O3/c25-23(31)17-12-13-18(27-24(17)26-14-8-10-15(29)11-9-14)22-16-4-1-2-5-19(16)28-20(22)6-3-7-21(28)30/h1-2,4-5,12-15,29H,3,6-11H2,(H2,25,31)(H,26,27)/t14-,15-. The van der Waals surface area contributed by atoms with E-state index in [9.17, 15) is 14.7 Å². The molecule has 1 aliphatic heterocycles. The van der Waals surface area contributed by atoms with Crippen LogP contribution in [0.3, 0.4) is 0 Å². The van der Waals surface area contributed by atoms with Crippen molar-refractivity contribution in [3.05, 3.63) is 47.7 Å². The number of anilines is 1. The zero-order valence-electron chi connectivity index (χ0n) is 17.3. The van der Waals surface area contributed by atoms with Crippen LogP contribution in [0.2, 0.25) is 0 Å². The average Bonchev–Trinajstić information content (AvgIpc) is 3.11. The van der Waals surface area contributed by atoms with E-state index in [1.54, 1.807) is 6.07 Å². The number of hydrogen-bond acceptors (Lipinski definition) is 5. The third-order valence-electron chi connectivity index (χ3n) is 6.48. The van der Waals surface area contributed by atoms with Crippen LogP contribution in [0.5, 0.6) is 0 Å². The summed E-state index contributed by atoms with van der Waals surface area (Å²) in [5.74, 6) is 0.0467. The smallest absolute Gasteiger partial charge is 0.252 e. The van der Waals surface area contributed by atoms with Gasteiger partial charge in [-0.15, -0.1) is 0 Å². The number of carbonyl (C=O) groups excluding carboxylic acids is 2. The van der Waals surface area contributed by atoms with E-state index >= 15 is 0 Å². The van der Waals surface area contributed by atoms with E-state index in [4.69, 9.17) is 10.7 Å². The number of nitrogens with one attached hydrogen (secondary N) is 1. The maximum Gasteiger partial charge on any atom is 0.252 e. The molecular formula is C24H26N4O3. The summed E-state index contributed by atoms with van der Waals surface area (Å²) in [6, 6.07) is 11.6. The molecule has 0 unspecified atom stereocenters. The lowest BCUT2D eigenvalue weighted by atomic mass is 9.93. The highest BCUT2D eigenvalue weighted by Crippen LogP contribution is 2.38. The molecule has 1 aliphatic carbocycles. The van der Waals surface area contributed by atoms with Crippen molar-refractivity contribution >= 4 is 28.5 Å². The average molecular weight is 418 g/mol. The molecule has 0 spiro atoms. The molecule has 0 saturated heterocycles. The Labute approximate surface area is 180 Å². The van der Waals surface area contributed by atoms with Crippen LogP contribution < -0.4 is 11.1 Å². The van der Waals surface area contributed by atoms with Crippen molar-refractivity contribution in [2.75, 3.05) is 5.32 Å². The van der Waals surface area contributed by atoms with Crippen molar-refractivity contribution < 1.29 is 14.7 Å². The molecule has 0 radical (unpaired) electrons. The fraction of sp³-hybridized carbons (Fsp3) is 0.375. The van der Waals surface area contributed by atoms with E-state index in [0.717, 1.165) is 66.4 Å². The highest BCUT2D eigenvalue weighted by molar-refractivity contribution is 6.05. The summed E-state index contributed by atoms with van der Waals surface area (Å²) < 4.78 is 1.83. The number of para-hydroxylation sites is 1. The fourth-order valence-electron chi connectivity index (χ4n) is 4.94. The number of rotatable bonds is 4. The molecule has 2 aromatic heterocycles. The predicted octanol–water partition coefficient (Wildman–Crippen LogP) is 3.49. The summed E-state index contributed by atoms with van der Waals surface area (Å²) in [4.78, 5) is 29.6. The molecule has 3 heterocycles. The summed E-state index contributed by atoms with van der Waals surface area (Å²) in [5.41, 5.74) is 9.52. The summed E-state index contributed by atoms with van der Waals surface area (Å²) >= 11 is 0. The molecule has 31 heavy (non-hydrogen) atoms. The monoisotopic (exact) mass is 418 g/mol. The summed E-state index contributed by atoms with van der Waals surface area (Å²) in [6.45, 7) is 0. The predicted molar refractivity (Wildman–Crippen MR) is 119 cm³/mol. The van der Waals surface area contributed by atoms with Gasteiger partial charge in [0.25, 0.3) is 5.91 Å². The minimum absolute atomic E-state index is 0.108. The number of fused-ring (bicyclic) bond motifs is 3. The normalized spacial score (nSPS) is 21.1. The third-order valence-corrected chi connectivity index (χ3v) is 6.48. The van der Waals surface area contributed by atoms with Crippen LogP contribution in [-0.4, -0.2) is 38.6 Å². The Morgan fingerprint density at radius 1 is 1.10 bits per heavy atom. The van der Waals surface area contributed by atoms with Crippen LogP contribution in [0.15, 0.2) is 36.4 Å². The maximum atomic E-state index is 12.7. The largest absolute Gasteiger partial charge is 0.393 e. The highest BCUT2D eigenvalue weighted by Gasteiger charge is 2.27. The fourth-order valence-corrected chi connectivity index (χ4v) is 4.94. The quantitative estimate of drug-likeness (QED) is 0.601. The molecule has 0 bridgehead atoms. The SMILES string of the molecule is NC(=O)c1ccc(-c2c3n(c4ccccc24)C(=O)CCC3)nc1N[C@H]1CC[C@H](O)CC1. The first-order valence-corrected chi connectivity index (χ1v) is 10.9. The number of nitrogens with two attached hydrogens (primary N) is 1. The Bertz CT molecular complexity index is 1180. The van der Waals surface area contributed by atoms with Crippen LogP contribution in [-0.2, 0) is 6.42 Å². The number of amides is 1. The van der Waals surface area contributed by atoms with Crippen LogP contribution in [0.4, 0.5) is 5.82 Å². The lowest BCUT2D eigenvalue weighted by Crippen LogP contribution is -2.29. The van der Waals surface area contributed by atoms with Crippen molar-refractivity contribution in [2.45, 2.75) is 57.1 Å². The Kier molecular flexibility index (Phi) is 4.98. The van der Waals surface area contributed by atoms with Crippen LogP contribution >= 0.6 is 0 Å². The Balaban J connectivity index is 1.62. The molecule has 1 saturated carbocycles. The number of aromatic nitrogens is 2. The zero-order chi connectivity index (χ0) is 21.5. The van der Waals surface area contributed by atoms with Crippen LogP contribution in [0.1, 0.15) is 59.4 Å². The molecular weight excluding hydrogens is 392 g/mol. The molecule has 2 aliphatic rings. The van der Waals surface area contributed by atoms with Crippen molar-refractivity contribution in [1.82, 2.24) is 9.55 Å². The van der Waals surface area contributed by atoms with E-state index in [1.165, 1.54) is 0 Å². The Morgan fingerprint density at radius 2 is 1.87 bits per heavy atom. The second-order valence-electron chi connectivity index (χ2n) is 8.53. The first kappa shape index (κ1) is 19.8. The molecule has 3 aromatic rings. The van der Waals surface area contributed by atoms with Gasteiger partial charge >= 0.3 is 0 Å². The van der Waals surface area contributed by atoms with Gasteiger partial charge in [-0.05, 0) is 56.7 Å². The van der Waals surface area contributed by atoms with E-state index in [-0.39, 0.29) is 18.1 Å². The minimum atomic E-state index is -0.531. The number of pyridine rings is 1. The van der Waals surface area contributed by atoms with Crippen LogP contribution in [0, 0.1) is 0 Å². The lowest BCUT2D eigenvalue weighted by molar-refractivity contribution is 0.0889. The Hall–Kier alpha value is -3.19. The van der Waals surface area contributed by atoms with Gasteiger partial charge in [-0.25, -0.2) is 4.98 Å². The number of aliphatic hydroxyl groups excluding tert-OH is 1. The topological polar surface area (TPSA) is 110 Å². The Morgan fingerprint density at radius 3 is 2.65 bits per heavy atom. The van der Waals surface area contributed by atoms with E-state index in [2.05, 4.69) is 5.32 Å². The van der Waals surface area contributed by atoms with Crippen LogP contribution in [0.25, 0.3) is 22.2 Å². The van der Waals surface area contributed by atoms with E-state index in [1.807, 2.05) is 34.9 Å². The molecule has 1 amide bonds. The van der Waals surface area contributed by atoms with Gasteiger partial charge in [0.1, 0.15) is 5.82 Å². The molecule has 4 N–H and O–H groups in total. The molecule has 0 atom stereocenters. The van der Waals surface area contributed by atoms with Gasteiger partial charge in [0, 0.05) is 29.1 Å². The molecule has 7 nitrogen and oxygen atoms in total. The maximum absolute atomic E-state index is 12.7. The summed E-state index contributed by atoms with van der Waals surface area (Å²) in [5, 5.41) is 14.2. The van der Waals surface area contributed by atoms with Crippen molar-refractivity contribution in [3.8, 4) is 11.3 Å². The first-order chi connectivity index (χ1) is 15.0. The van der Waals surface area contributed by atoms with Gasteiger partial charge < -0.3 is 16.2 Å². The number of primary amides is 1. The number of benzene rings is 1. The first-order valence-electron chi connectivity index (χ1n) is 10.9. The molecule has 1 aromatic carbocycles. The van der Waals surface area contributed by atoms with Gasteiger partial charge in [0.15, 0.2) is 0 Å². The van der Waals surface area contributed by atoms with Gasteiger partial charge in [-0.3, -0.25) is 14.2 Å². The number of aliphatic hydroxyl groups is 1. The number of nitrogens with zero attached hydrogens (tertiary/aromatic N) is 2. The minimum Gasteiger partial charge on any atom is -0.393 e. The second-order valence-corrected chi connectivity index (χ2v) is 8.53. The highest BCUT2D eigenvalue weighted by atomic mass is 16.3. The summed E-state index contributed by atoms with van der Waals surface area (Å²) in [6.07, 6.45) is 4.97. The van der Waals surface area contributed by atoms with Gasteiger partial charge in [0.05, 0.1) is 22.9 Å². The van der Waals surface area contributed by atoms with E-state index in [0.29, 0.717) is 17.8 Å². The lowest BCUT2D eigenvalue weighted by Gasteiger charge is -2.27. The number of carbonyl (C=O) groups is 2. The molecule has 1 fully saturated rings. The summed E-state index contributed by atoms with van der Waals surface area (Å²) in [7, 11) is 0.